The molecule has 2 aliphatic rings. The highest BCUT2D eigenvalue weighted by Gasteiger charge is 2.23. The molecule has 2 fully saturated rings. The summed E-state index contributed by atoms with van der Waals surface area (Å²) in [6.07, 6.45) is 6.56. The molecule has 0 spiro atoms. The molecule has 0 aliphatic carbocycles. The molecule has 16 heavy (non-hydrogen) atoms. The molecule has 0 radical (unpaired) electrons. The second-order valence-corrected chi connectivity index (χ2v) is 5.56. The van der Waals surface area contributed by atoms with E-state index in [-0.39, 0.29) is 0 Å². The van der Waals surface area contributed by atoms with E-state index >= 15 is 0 Å². The summed E-state index contributed by atoms with van der Waals surface area (Å²) in [7, 11) is 2.25. The van der Waals surface area contributed by atoms with Gasteiger partial charge >= 0.3 is 0 Å². The van der Waals surface area contributed by atoms with Crippen LogP contribution in [0.15, 0.2) is 0 Å². The fraction of sp³-hybridized carbons (Fsp3) is 1.00. The number of aliphatic hydroxyl groups excluding tert-OH is 1. The second-order valence-electron chi connectivity index (χ2n) is 5.56. The predicted octanol–water partition coefficient (Wildman–Crippen LogP) is 1.17. The number of hydrogen-bond donors (Lipinski definition) is 1. The third-order valence-corrected chi connectivity index (χ3v) is 4.31. The van der Waals surface area contributed by atoms with Gasteiger partial charge in [-0.1, -0.05) is 0 Å². The van der Waals surface area contributed by atoms with Crippen LogP contribution in [0, 0.1) is 5.92 Å². The van der Waals surface area contributed by atoms with Crippen LogP contribution in [0.3, 0.4) is 0 Å². The van der Waals surface area contributed by atoms with Crippen molar-refractivity contribution in [1.29, 1.82) is 0 Å². The van der Waals surface area contributed by atoms with Gasteiger partial charge in [0.15, 0.2) is 0 Å². The molecule has 0 saturated carbocycles. The van der Waals surface area contributed by atoms with Gasteiger partial charge in [0.2, 0.25) is 0 Å². The molecule has 3 heteroatoms. The molecular formula is C13H26N2O. The van der Waals surface area contributed by atoms with Crippen molar-refractivity contribution in [2.45, 2.75) is 38.1 Å². The Balaban J connectivity index is 1.68. The summed E-state index contributed by atoms with van der Waals surface area (Å²) in [6.45, 7) is 5.25. The number of hydrogen-bond acceptors (Lipinski definition) is 3. The molecule has 2 heterocycles. The molecule has 2 rings (SSSR count). The molecule has 0 aromatic rings. The van der Waals surface area contributed by atoms with Gasteiger partial charge in [-0.05, 0) is 64.7 Å². The second kappa shape index (κ2) is 5.99. The van der Waals surface area contributed by atoms with E-state index in [4.69, 9.17) is 0 Å². The quantitative estimate of drug-likeness (QED) is 0.779. The summed E-state index contributed by atoms with van der Waals surface area (Å²) in [5.74, 6) is 0.537. The zero-order chi connectivity index (χ0) is 11.4. The summed E-state index contributed by atoms with van der Waals surface area (Å²) in [6, 6.07) is 0.814. The molecule has 0 bridgehead atoms. The monoisotopic (exact) mass is 226 g/mol. The van der Waals surface area contributed by atoms with Crippen LogP contribution in [0.4, 0.5) is 0 Å². The fourth-order valence-corrected chi connectivity index (χ4v) is 3.18. The van der Waals surface area contributed by atoms with Crippen LogP contribution in [-0.2, 0) is 0 Å². The van der Waals surface area contributed by atoms with E-state index in [0.29, 0.717) is 12.5 Å². The lowest BCUT2D eigenvalue weighted by atomic mass is 9.98. The van der Waals surface area contributed by atoms with Gasteiger partial charge in [-0.3, -0.25) is 0 Å². The maximum atomic E-state index is 9.20. The van der Waals surface area contributed by atoms with Crippen molar-refractivity contribution >= 4 is 0 Å². The topological polar surface area (TPSA) is 26.7 Å². The van der Waals surface area contributed by atoms with Crippen LogP contribution in [-0.4, -0.2) is 60.8 Å². The number of piperidine rings is 1. The summed E-state index contributed by atoms with van der Waals surface area (Å²) < 4.78 is 0. The molecule has 3 nitrogen and oxygen atoms in total. The molecule has 2 atom stereocenters. The largest absolute Gasteiger partial charge is 0.396 e. The Morgan fingerprint density at radius 3 is 2.69 bits per heavy atom. The molecule has 2 saturated heterocycles. The van der Waals surface area contributed by atoms with E-state index in [1.807, 2.05) is 0 Å². The Bertz CT molecular complexity index is 210. The Labute approximate surface area is 99.4 Å². The van der Waals surface area contributed by atoms with Crippen LogP contribution >= 0.6 is 0 Å². The average molecular weight is 226 g/mol. The number of rotatable bonds is 4. The van der Waals surface area contributed by atoms with Crippen molar-refractivity contribution in [3.63, 3.8) is 0 Å². The lowest BCUT2D eigenvalue weighted by Gasteiger charge is -2.33. The Kier molecular flexibility index (Phi) is 4.62. The third kappa shape index (κ3) is 3.19. The van der Waals surface area contributed by atoms with E-state index in [1.165, 1.54) is 51.7 Å². The molecule has 2 aliphatic heterocycles. The highest BCUT2D eigenvalue weighted by molar-refractivity contribution is 4.79. The minimum absolute atomic E-state index is 0.375. The summed E-state index contributed by atoms with van der Waals surface area (Å²) in [5.41, 5.74) is 0. The van der Waals surface area contributed by atoms with Gasteiger partial charge in [0, 0.05) is 19.2 Å². The van der Waals surface area contributed by atoms with Gasteiger partial charge in [-0.2, -0.15) is 0 Å². The summed E-state index contributed by atoms with van der Waals surface area (Å²) in [4.78, 5) is 5.06. The van der Waals surface area contributed by atoms with Crippen molar-refractivity contribution in [2.24, 2.45) is 5.92 Å². The number of nitrogens with zero attached hydrogens (tertiary/aromatic N) is 2. The molecule has 2 unspecified atom stereocenters. The molecule has 0 aromatic heterocycles. The fourth-order valence-electron chi connectivity index (χ4n) is 3.18. The molecular weight excluding hydrogens is 200 g/mol. The van der Waals surface area contributed by atoms with Crippen molar-refractivity contribution in [3.8, 4) is 0 Å². The highest BCUT2D eigenvalue weighted by Crippen LogP contribution is 2.20. The summed E-state index contributed by atoms with van der Waals surface area (Å²) in [5, 5.41) is 9.20. The van der Waals surface area contributed by atoms with Gasteiger partial charge in [0.05, 0.1) is 0 Å². The van der Waals surface area contributed by atoms with Gasteiger partial charge < -0.3 is 14.9 Å². The van der Waals surface area contributed by atoms with Crippen LogP contribution in [0.25, 0.3) is 0 Å². The van der Waals surface area contributed by atoms with Crippen molar-refractivity contribution < 1.29 is 5.11 Å². The first-order valence-corrected chi connectivity index (χ1v) is 6.83. The summed E-state index contributed by atoms with van der Waals surface area (Å²) >= 11 is 0. The number of likely N-dealkylation sites (tertiary alicyclic amines) is 2. The van der Waals surface area contributed by atoms with E-state index < -0.39 is 0 Å². The maximum absolute atomic E-state index is 9.20. The van der Waals surface area contributed by atoms with Gasteiger partial charge in [-0.15, -0.1) is 0 Å². The molecule has 1 N–H and O–H groups in total. The van der Waals surface area contributed by atoms with Crippen LogP contribution in [0.5, 0.6) is 0 Å². The smallest absolute Gasteiger partial charge is 0.0471 e. The number of aliphatic hydroxyl groups is 1. The molecule has 0 aromatic carbocycles. The van der Waals surface area contributed by atoms with E-state index in [2.05, 4.69) is 16.8 Å². The van der Waals surface area contributed by atoms with Crippen molar-refractivity contribution in [2.75, 3.05) is 39.8 Å². The van der Waals surface area contributed by atoms with Crippen LogP contribution < -0.4 is 0 Å². The minimum Gasteiger partial charge on any atom is -0.396 e. The first-order valence-electron chi connectivity index (χ1n) is 6.83. The van der Waals surface area contributed by atoms with Gasteiger partial charge in [-0.25, -0.2) is 0 Å². The van der Waals surface area contributed by atoms with Crippen LogP contribution in [0.1, 0.15) is 32.1 Å². The standard InChI is InChI=1S/C13H26N2O/c1-14-7-3-5-13(14)6-9-15-8-2-4-12(10-15)11-16/h12-13,16H,2-11H2,1H3. The van der Waals surface area contributed by atoms with E-state index in [0.717, 1.165) is 12.6 Å². The van der Waals surface area contributed by atoms with Gasteiger partial charge in [0.25, 0.3) is 0 Å². The van der Waals surface area contributed by atoms with E-state index in [1.54, 1.807) is 0 Å². The maximum Gasteiger partial charge on any atom is 0.0471 e. The zero-order valence-electron chi connectivity index (χ0n) is 10.6. The lowest BCUT2D eigenvalue weighted by molar-refractivity contribution is 0.113. The first kappa shape index (κ1) is 12.3. The average Bonchev–Trinajstić information content (AvgIpc) is 2.72. The minimum atomic E-state index is 0.375. The van der Waals surface area contributed by atoms with E-state index in [9.17, 15) is 5.11 Å². The molecule has 0 amide bonds. The Hall–Kier alpha value is -0.120. The Morgan fingerprint density at radius 1 is 1.19 bits per heavy atom. The zero-order valence-corrected chi connectivity index (χ0v) is 10.6. The Morgan fingerprint density at radius 2 is 2.00 bits per heavy atom. The normalized spacial score (nSPS) is 33.4. The first-order chi connectivity index (χ1) is 7.79. The SMILES string of the molecule is CN1CCCC1CCN1CCCC(CO)C1. The van der Waals surface area contributed by atoms with Crippen LogP contribution in [0.2, 0.25) is 0 Å². The predicted molar refractivity (Wildman–Crippen MR) is 66.5 cm³/mol. The van der Waals surface area contributed by atoms with Crippen molar-refractivity contribution in [3.05, 3.63) is 0 Å². The van der Waals surface area contributed by atoms with Crippen molar-refractivity contribution in [1.82, 2.24) is 9.80 Å². The highest BCUT2D eigenvalue weighted by atomic mass is 16.3. The lowest BCUT2D eigenvalue weighted by Crippen LogP contribution is -2.39. The third-order valence-electron chi connectivity index (χ3n) is 4.31. The molecule has 94 valence electrons. The van der Waals surface area contributed by atoms with Gasteiger partial charge in [0.1, 0.15) is 0 Å².